The van der Waals surface area contributed by atoms with Crippen LogP contribution in [-0.4, -0.2) is 16.4 Å². The molecular formula is C14H19BrN2OS. The first-order chi connectivity index (χ1) is 8.86. The van der Waals surface area contributed by atoms with Crippen LogP contribution in [-0.2, 0) is 0 Å². The second-order valence-electron chi connectivity index (χ2n) is 4.59. The summed E-state index contributed by atoms with van der Waals surface area (Å²) in [5.74, 6) is -0.164. The van der Waals surface area contributed by atoms with Crippen LogP contribution < -0.4 is 11.1 Å². The molecule has 1 rings (SSSR count). The fourth-order valence-electron chi connectivity index (χ4n) is 1.93. The first-order valence-corrected chi connectivity index (χ1v) is 7.45. The Hall–Kier alpha value is -0.940. The van der Waals surface area contributed by atoms with Crippen molar-refractivity contribution in [2.45, 2.75) is 39.2 Å². The molecule has 3 nitrogen and oxygen atoms in total. The van der Waals surface area contributed by atoms with Crippen LogP contribution in [0.25, 0.3) is 0 Å². The molecule has 0 aliphatic rings. The van der Waals surface area contributed by atoms with Gasteiger partial charge < -0.3 is 11.1 Å². The van der Waals surface area contributed by atoms with Crippen molar-refractivity contribution in [3.8, 4) is 0 Å². The van der Waals surface area contributed by atoms with Crippen molar-refractivity contribution in [1.29, 1.82) is 0 Å². The van der Waals surface area contributed by atoms with Crippen molar-refractivity contribution in [1.82, 2.24) is 5.32 Å². The Morgan fingerprint density at radius 1 is 1.42 bits per heavy atom. The molecule has 0 fully saturated rings. The molecule has 0 saturated heterocycles. The van der Waals surface area contributed by atoms with Crippen molar-refractivity contribution in [3.05, 3.63) is 33.8 Å². The third-order valence-electron chi connectivity index (χ3n) is 3.40. The molecule has 0 unspecified atom stereocenters. The molecule has 0 atom stereocenters. The topological polar surface area (TPSA) is 55.1 Å². The van der Waals surface area contributed by atoms with E-state index in [0.29, 0.717) is 23.4 Å². The molecule has 1 amide bonds. The highest BCUT2D eigenvalue weighted by Crippen LogP contribution is 2.21. The lowest BCUT2D eigenvalue weighted by Gasteiger charge is -2.31. The third kappa shape index (κ3) is 3.54. The van der Waals surface area contributed by atoms with Crippen molar-refractivity contribution in [2.24, 2.45) is 5.73 Å². The van der Waals surface area contributed by atoms with Crippen LogP contribution in [0.2, 0.25) is 0 Å². The van der Waals surface area contributed by atoms with E-state index >= 15 is 0 Å². The molecule has 0 aromatic heterocycles. The number of nitrogens with one attached hydrogen (secondary N) is 1. The Morgan fingerprint density at radius 3 is 2.42 bits per heavy atom. The van der Waals surface area contributed by atoms with Crippen LogP contribution in [0, 0.1) is 6.92 Å². The van der Waals surface area contributed by atoms with Gasteiger partial charge in [0.2, 0.25) is 0 Å². The minimum Gasteiger partial charge on any atom is -0.391 e. The van der Waals surface area contributed by atoms with Crippen molar-refractivity contribution >= 4 is 39.0 Å². The van der Waals surface area contributed by atoms with Crippen LogP contribution in [0.3, 0.4) is 0 Å². The number of hydrogen-bond donors (Lipinski definition) is 2. The van der Waals surface area contributed by atoms with Gasteiger partial charge in [0.15, 0.2) is 0 Å². The highest BCUT2D eigenvalue weighted by Gasteiger charge is 2.32. The Labute approximate surface area is 128 Å². The van der Waals surface area contributed by atoms with E-state index in [1.165, 1.54) is 0 Å². The van der Waals surface area contributed by atoms with Gasteiger partial charge in [-0.1, -0.05) is 32.1 Å². The number of carbonyl (C=O) groups is 1. The largest absolute Gasteiger partial charge is 0.391 e. The monoisotopic (exact) mass is 342 g/mol. The summed E-state index contributed by atoms with van der Waals surface area (Å²) in [7, 11) is 0. The zero-order valence-electron chi connectivity index (χ0n) is 11.4. The summed E-state index contributed by atoms with van der Waals surface area (Å²) in [6, 6.07) is 5.61. The lowest BCUT2D eigenvalue weighted by atomic mass is 9.92. The van der Waals surface area contributed by atoms with Gasteiger partial charge in [0.1, 0.15) is 0 Å². The Bertz CT molecular complexity index is 498. The molecule has 19 heavy (non-hydrogen) atoms. The third-order valence-corrected chi connectivity index (χ3v) is 4.45. The van der Waals surface area contributed by atoms with E-state index in [0.717, 1.165) is 10.0 Å². The molecule has 5 heteroatoms. The standard InChI is InChI=1S/C14H19BrN2OS/c1-4-14(5-2,13(16)19)17-12(18)10-7-6-9(3)8-11(10)15/h6-8H,4-5H2,1-3H3,(H2,16,19)(H,17,18). The molecule has 0 bridgehead atoms. The van der Waals surface area contributed by atoms with Crippen molar-refractivity contribution < 1.29 is 4.79 Å². The number of benzene rings is 1. The second-order valence-corrected chi connectivity index (χ2v) is 5.89. The number of amides is 1. The minimum absolute atomic E-state index is 0.164. The lowest BCUT2D eigenvalue weighted by Crippen LogP contribution is -2.56. The second kappa shape index (κ2) is 6.48. The zero-order valence-corrected chi connectivity index (χ0v) is 13.8. The predicted octanol–water partition coefficient (Wildman–Crippen LogP) is 3.33. The van der Waals surface area contributed by atoms with Gasteiger partial charge in [-0.05, 0) is 53.4 Å². The van der Waals surface area contributed by atoms with E-state index < -0.39 is 5.54 Å². The molecule has 0 saturated carbocycles. The van der Waals surface area contributed by atoms with E-state index in [-0.39, 0.29) is 5.91 Å². The quantitative estimate of drug-likeness (QED) is 0.807. The van der Waals surface area contributed by atoms with E-state index in [9.17, 15) is 4.79 Å². The Kier molecular flexibility index (Phi) is 5.50. The highest BCUT2D eigenvalue weighted by atomic mass is 79.9. The number of nitrogens with two attached hydrogens (primary N) is 1. The maximum Gasteiger partial charge on any atom is 0.253 e. The molecule has 0 spiro atoms. The normalized spacial score (nSPS) is 11.2. The van der Waals surface area contributed by atoms with Gasteiger partial charge in [0.05, 0.1) is 16.1 Å². The van der Waals surface area contributed by atoms with Crippen LogP contribution >= 0.6 is 28.1 Å². The highest BCUT2D eigenvalue weighted by molar-refractivity contribution is 9.10. The van der Waals surface area contributed by atoms with Gasteiger partial charge in [0.25, 0.3) is 5.91 Å². The van der Waals surface area contributed by atoms with E-state index in [1.807, 2.05) is 32.9 Å². The maximum absolute atomic E-state index is 12.4. The molecule has 3 N–H and O–H groups in total. The molecule has 0 aliphatic heterocycles. The molecule has 0 aliphatic carbocycles. The summed E-state index contributed by atoms with van der Waals surface area (Å²) in [5.41, 5.74) is 6.86. The zero-order chi connectivity index (χ0) is 14.6. The summed E-state index contributed by atoms with van der Waals surface area (Å²) in [6.45, 7) is 5.91. The molecule has 0 radical (unpaired) electrons. The van der Waals surface area contributed by atoms with E-state index in [4.69, 9.17) is 18.0 Å². The fourth-order valence-corrected chi connectivity index (χ4v) is 2.94. The smallest absolute Gasteiger partial charge is 0.253 e. The summed E-state index contributed by atoms with van der Waals surface area (Å²) in [5, 5.41) is 2.97. The average Bonchev–Trinajstić information content (AvgIpc) is 2.35. The first-order valence-electron chi connectivity index (χ1n) is 6.25. The van der Waals surface area contributed by atoms with Crippen molar-refractivity contribution in [2.75, 3.05) is 0 Å². The number of carbonyl (C=O) groups excluding carboxylic acids is 1. The van der Waals surface area contributed by atoms with E-state index in [1.54, 1.807) is 6.07 Å². The summed E-state index contributed by atoms with van der Waals surface area (Å²) in [6.07, 6.45) is 1.35. The minimum atomic E-state index is -0.614. The van der Waals surface area contributed by atoms with Gasteiger partial charge in [-0.15, -0.1) is 0 Å². The summed E-state index contributed by atoms with van der Waals surface area (Å²) >= 11 is 8.51. The lowest BCUT2D eigenvalue weighted by molar-refractivity contribution is 0.0919. The Morgan fingerprint density at radius 2 is 2.00 bits per heavy atom. The van der Waals surface area contributed by atoms with Gasteiger partial charge >= 0.3 is 0 Å². The van der Waals surface area contributed by atoms with Gasteiger partial charge in [-0.2, -0.15) is 0 Å². The van der Waals surface area contributed by atoms with Crippen molar-refractivity contribution in [3.63, 3.8) is 0 Å². The SMILES string of the molecule is CCC(CC)(NC(=O)c1ccc(C)cc1Br)C(N)=S. The maximum atomic E-state index is 12.4. The Balaban J connectivity index is 3.04. The van der Waals surface area contributed by atoms with Gasteiger partial charge in [0, 0.05) is 4.47 Å². The molecular weight excluding hydrogens is 324 g/mol. The van der Waals surface area contributed by atoms with Gasteiger partial charge in [-0.25, -0.2) is 0 Å². The molecule has 104 valence electrons. The molecule has 1 aromatic carbocycles. The predicted molar refractivity (Wildman–Crippen MR) is 86.4 cm³/mol. The number of aryl methyl sites for hydroxylation is 1. The van der Waals surface area contributed by atoms with E-state index in [2.05, 4.69) is 21.2 Å². The van der Waals surface area contributed by atoms with Crippen LogP contribution in [0.4, 0.5) is 0 Å². The molecule has 0 heterocycles. The number of hydrogen-bond acceptors (Lipinski definition) is 2. The molecule has 1 aromatic rings. The first kappa shape index (κ1) is 16.1. The summed E-state index contributed by atoms with van der Waals surface area (Å²) < 4.78 is 0.772. The number of rotatable bonds is 5. The van der Waals surface area contributed by atoms with Gasteiger partial charge in [-0.3, -0.25) is 4.79 Å². The van der Waals surface area contributed by atoms with Crippen LogP contribution in [0.5, 0.6) is 0 Å². The van der Waals surface area contributed by atoms with Crippen LogP contribution in [0.1, 0.15) is 42.6 Å². The van der Waals surface area contributed by atoms with Crippen LogP contribution in [0.15, 0.2) is 22.7 Å². The number of halogens is 1. The fraction of sp³-hybridized carbons (Fsp3) is 0.429. The average molecular weight is 343 g/mol. The summed E-state index contributed by atoms with van der Waals surface area (Å²) in [4.78, 5) is 12.7. The number of thiocarbonyl (C=S) groups is 1.